The number of benzene rings is 2. The fourth-order valence-electron chi connectivity index (χ4n) is 2.11. The molecule has 0 saturated carbocycles. The molecule has 0 aromatic heterocycles. The largest absolute Gasteiger partial charge is 0.453 e. The van der Waals surface area contributed by atoms with Crippen LogP contribution in [0.15, 0.2) is 36.4 Å². The fourth-order valence-corrected chi connectivity index (χ4v) is 2.11. The van der Waals surface area contributed by atoms with E-state index in [4.69, 9.17) is 0 Å². The molecule has 0 N–H and O–H groups in total. The lowest BCUT2D eigenvalue weighted by Gasteiger charge is -2.15. The monoisotopic (exact) mass is 257 g/mol. The van der Waals surface area contributed by atoms with Crippen molar-refractivity contribution in [3.8, 4) is 0 Å². The predicted molar refractivity (Wildman–Crippen MR) is 77.4 cm³/mol. The fraction of sp³-hybridized carbons (Fsp3) is 0.312. The van der Waals surface area contributed by atoms with E-state index in [-0.39, 0.29) is 6.09 Å². The van der Waals surface area contributed by atoms with Crippen LogP contribution in [0.25, 0.3) is 10.8 Å². The average molecular weight is 257 g/mol. The highest BCUT2D eigenvalue weighted by molar-refractivity contribution is 5.83. The molecule has 19 heavy (non-hydrogen) atoms. The number of carbonyl (C=O) groups excluding carboxylic acids is 1. The first kappa shape index (κ1) is 13.4. The van der Waals surface area contributed by atoms with Gasteiger partial charge in [-0.05, 0) is 29.7 Å². The van der Waals surface area contributed by atoms with Gasteiger partial charge < -0.3 is 9.64 Å². The highest BCUT2D eigenvalue weighted by atomic mass is 16.5. The summed E-state index contributed by atoms with van der Waals surface area (Å²) in [6.45, 7) is 2.75. The van der Waals surface area contributed by atoms with Gasteiger partial charge in [0, 0.05) is 13.6 Å². The number of likely N-dealkylation sites (N-methyl/N-ethyl adjacent to an activating group) is 1. The van der Waals surface area contributed by atoms with Crippen molar-refractivity contribution < 1.29 is 9.53 Å². The third-order valence-electron chi connectivity index (χ3n) is 3.28. The van der Waals surface area contributed by atoms with Crippen LogP contribution in [-0.4, -0.2) is 31.7 Å². The molecule has 2 aromatic carbocycles. The summed E-state index contributed by atoms with van der Waals surface area (Å²) in [6, 6.07) is 12.9. The average Bonchev–Trinajstić information content (AvgIpc) is 2.43. The Hall–Kier alpha value is -2.03. The van der Waals surface area contributed by atoms with Gasteiger partial charge in [-0.15, -0.1) is 0 Å². The normalized spacial score (nSPS) is 10.5. The Morgan fingerprint density at radius 3 is 2.58 bits per heavy atom. The Bertz CT molecular complexity index is 592. The molecule has 0 radical (unpaired) electrons. The highest BCUT2D eigenvalue weighted by Gasteiger charge is 2.07. The van der Waals surface area contributed by atoms with Crippen molar-refractivity contribution in [1.82, 2.24) is 4.90 Å². The number of hydrogen-bond acceptors (Lipinski definition) is 2. The molecular formula is C16H19NO2. The van der Waals surface area contributed by atoms with E-state index >= 15 is 0 Å². The van der Waals surface area contributed by atoms with E-state index in [0.717, 1.165) is 6.42 Å². The van der Waals surface area contributed by atoms with E-state index in [1.54, 1.807) is 11.9 Å². The Morgan fingerprint density at radius 1 is 1.16 bits per heavy atom. The van der Waals surface area contributed by atoms with Crippen LogP contribution >= 0.6 is 0 Å². The molecule has 2 rings (SSSR count). The number of nitrogens with zero attached hydrogens (tertiary/aromatic N) is 1. The van der Waals surface area contributed by atoms with E-state index in [1.807, 2.05) is 0 Å². The summed E-state index contributed by atoms with van der Waals surface area (Å²) in [5.74, 6) is 0. The van der Waals surface area contributed by atoms with Gasteiger partial charge in [-0.3, -0.25) is 0 Å². The number of rotatable bonds is 3. The van der Waals surface area contributed by atoms with Gasteiger partial charge in [0.25, 0.3) is 0 Å². The molecule has 0 unspecified atom stereocenters. The van der Waals surface area contributed by atoms with Gasteiger partial charge >= 0.3 is 6.09 Å². The summed E-state index contributed by atoms with van der Waals surface area (Å²) in [4.78, 5) is 12.9. The summed E-state index contributed by atoms with van der Waals surface area (Å²) in [5.41, 5.74) is 2.50. The van der Waals surface area contributed by atoms with Gasteiger partial charge in [0.1, 0.15) is 0 Å². The molecule has 0 bridgehead atoms. The minimum atomic E-state index is -0.295. The summed E-state index contributed by atoms with van der Waals surface area (Å²) in [6.07, 6.45) is 0.534. The quantitative estimate of drug-likeness (QED) is 0.843. The molecule has 0 aliphatic heterocycles. The second-order valence-corrected chi connectivity index (χ2v) is 4.83. The van der Waals surface area contributed by atoms with Crippen LogP contribution < -0.4 is 0 Å². The van der Waals surface area contributed by atoms with Crippen molar-refractivity contribution in [1.29, 1.82) is 0 Å². The first-order valence-electron chi connectivity index (χ1n) is 6.38. The van der Waals surface area contributed by atoms with Gasteiger partial charge in [0.15, 0.2) is 0 Å². The second-order valence-electron chi connectivity index (χ2n) is 4.83. The topological polar surface area (TPSA) is 29.5 Å². The van der Waals surface area contributed by atoms with Crippen molar-refractivity contribution in [2.75, 3.05) is 20.7 Å². The van der Waals surface area contributed by atoms with Crippen molar-refractivity contribution in [2.45, 2.75) is 13.3 Å². The molecule has 0 spiro atoms. The third kappa shape index (κ3) is 3.25. The van der Waals surface area contributed by atoms with Gasteiger partial charge in [-0.2, -0.15) is 0 Å². The SMILES string of the molecule is COC(=O)N(C)CCc1ccc2cc(C)ccc2c1. The highest BCUT2D eigenvalue weighted by Crippen LogP contribution is 2.18. The molecule has 0 saturated heterocycles. The minimum absolute atomic E-state index is 0.295. The zero-order chi connectivity index (χ0) is 13.8. The van der Waals surface area contributed by atoms with Crippen LogP contribution in [0, 0.1) is 6.92 Å². The van der Waals surface area contributed by atoms with Crippen LogP contribution in [0.4, 0.5) is 4.79 Å². The van der Waals surface area contributed by atoms with Crippen LogP contribution in [0.1, 0.15) is 11.1 Å². The van der Waals surface area contributed by atoms with Gasteiger partial charge in [-0.25, -0.2) is 4.79 Å². The molecule has 0 heterocycles. The number of ether oxygens (including phenoxy) is 1. The maximum atomic E-state index is 11.3. The molecule has 1 amide bonds. The number of aryl methyl sites for hydroxylation is 1. The van der Waals surface area contributed by atoms with E-state index < -0.39 is 0 Å². The number of methoxy groups -OCH3 is 1. The predicted octanol–water partition coefficient (Wildman–Crippen LogP) is 3.39. The Kier molecular flexibility index (Phi) is 4.05. The van der Waals surface area contributed by atoms with E-state index in [0.29, 0.717) is 6.54 Å². The maximum Gasteiger partial charge on any atom is 0.409 e. The van der Waals surface area contributed by atoms with E-state index in [1.165, 1.54) is 29.0 Å². The smallest absolute Gasteiger partial charge is 0.409 e. The lowest BCUT2D eigenvalue weighted by molar-refractivity contribution is 0.134. The first-order chi connectivity index (χ1) is 9.10. The van der Waals surface area contributed by atoms with Gasteiger partial charge in [0.2, 0.25) is 0 Å². The van der Waals surface area contributed by atoms with E-state index in [2.05, 4.69) is 48.1 Å². The third-order valence-corrected chi connectivity index (χ3v) is 3.28. The van der Waals surface area contributed by atoms with Crippen molar-refractivity contribution in [3.63, 3.8) is 0 Å². The second kappa shape index (κ2) is 5.74. The van der Waals surface area contributed by atoms with E-state index in [9.17, 15) is 4.79 Å². The van der Waals surface area contributed by atoms with Crippen molar-refractivity contribution in [2.24, 2.45) is 0 Å². The van der Waals surface area contributed by atoms with Crippen LogP contribution in [0.3, 0.4) is 0 Å². The zero-order valence-electron chi connectivity index (χ0n) is 11.6. The lowest BCUT2D eigenvalue weighted by Crippen LogP contribution is -2.28. The molecule has 0 atom stereocenters. The molecule has 0 aliphatic rings. The van der Waals surface area contributed by atoms with Crippen LogP contribution in [-0.2, 0) is 11.2 Å². The molecule has 3 heteroatoms. The Labute approximate surface area is 113 Å². The summed E-state index contributed by atoms with van der Waals surface area (Å²) < 4.78 is 4.67. The number of fused-ring (bicyclic) bond motifs is 1. The number of amides is 1. The standard InChI is InChI=1S/C16H19NO2/c1-12-4-6-15-11-13(5-7-14(15)10-12)8-9-17(2)16(18)19-3/h4-7,10-11H,8-9H2,1-3H3. The van der Waals surface area contributed by atoms with Crippen molar-refractivity contribution >= 4 is 16.9 Å². The van der Waals surface area contributed by atoms with Crippen molar-refractivity contribution in [3.05, 3.63) is 47.5 Å². The van der Waals surface area contributed by atoms with Crippen LogP contribution in [0.2, 0.25) is 0 Å². The molecule has 2 aromatic rings. The molecule has 0 aliphatic carbocycles. The van der Waals surface area contributed by atoms with Gasteiger partial charge in [0.05, 0.1) is 7.11 Å². The summed E-state index contributed by atoms with van der Waals surface area (Å²) in [7, 11) is 3.15. The Morgan fingerprint density at radius 2 is 1.84 bits per heavy atom. The summed E-state index contributed by atoms with van der Waals surface area (Å²) in [5, 5.41) is 2.49. The van der Waals surface area contributed by atoms with Gasteiger partial charge in [-0.1, -0.05) is 42.0 Å². The molecule has 0 fully saturated rings. The summed E-state index contributed by atoms with van der Waals surface area (Å²) >= 11 is 0. The molecule has 100 valence electrons. The molecular weight excluding hydrogens is 238 g/mol. The number of hydrogen-bond donors (Lipinski definition) is 0. The Balaban J connectivity index is 2.09. The molecule has 3 nitrogen and oxygen atoms in total. The first-order valence-corrected chi connectivity index (χ1v) is 6.38. The lowest BCUT2D eigenvalue weighted by atomic mass is 10.0. The zero-order valence-corrected chi connectivity index (χ0v) is 11.6. The number of carbonyl (C=O) groups is 1. The van der Waals surface area contributed by atoms with Crippen LogP contribution in [0.5, 0.6) is 0 Å². The maximum absolute atomic E-state index is 11.3. The minimum Gasteiger partial charge on any atom is -0.453 e.